The lowest BCUT2D eigenvalue weighted by Crippen LogP contribution is -2.34. The van der Waals surface area contributed by atoms with Crippen LogP contribution in [0.2, 0.25) is 0 Å². The summed E-state index contributed by atoms with van der Waals surface area (Å²) in [5.41, 5.74) is 0. The van der Waals surface area contributed by atoms with Gasteiger partial charge in [-0.15, -0.1) is 0 Å². The minimum absolute atomic E-state index is 0.613. The Hall–Kier alpha value is -1.38. The summed E-state index contributed by atoms with van der Waals surface area (Å²) in [6, 6.07) is 0. The molecule has 0 spiro atoms. The first-order valence-electron chi connectivity index (χ1n) is 1.76. The van der Waals surface area contributed by atoms with E-state index in [2.05, 4.69) is 0 Å². The van der Waals surface area contributed by atoms with E-state index in [0.29, 0.717) is 4.83 Å². The largest absolute Gasteiger partial charge is 0.468 e. The van der Waals surface area contributed by atoms with Gasteiger partial charge in [0.05, 0.1) is 0 Å². The Balaban J connectivity index is 4.46. The lowest BCUT2D eigenvalue weighted by atomic mass is 11.6. The molecule has 0 fully saturated rings. The molecule has 0 aliphatic rings. The zero-order valence-electron chi connectivity index (χ0n) is 4.34. The Morgan fingerprint density at radius 1 is 1.60 bits per heavy atom. The molecule has 0 bridgehead atoms. The van der Waals surface area contributed by atoms with E-state index in [1.165, 1.54) is 0 Å². The van der Waals surface area contributed by atoms with E-state index in [9.17, 15) is 23.3 Å². The van der Waals surface area contributed by atoms with E-state index in [1.54, 1.807) is 0 Å². The molecule has 0 saturated carbocycles. The zero-order chi connectivity index (χ0) is 8.36. The van der Waals surface area contributed by atoms with Crippen LogP contribution >= 0.6 is 0 Å². The molecule has 0 heterocycles. The van der Waals surface area contributed by atoms with Crippen LogP contribution < -0.4 is 4.83 Å². The molecule has 9 heteroatoms. The predicted molar refractivity (Wildman–Crippen MR) is 27.1 cm³/mol. The minimum atomic E-state index is -4.83. The van der Waals surface area contributed by atoms with Crippen LogP contribution in [0.5, 0.6) is 0 Å². The number of hydrogen-bond acceptors (Lipinski definition) is 5. The van der Waals surface area contributed by atoms with Crippen molar-refractivity contribution in [3.63, 3.8) is 0 Å². The number of sulfonamides is 1. The Kier molecular flexibility index (Phi) is 2.13. The lowest BCUT2D eigenvalue weighted by molar-refractivity contribution is -0.518. The monoisotopic (exact) mass is 170 g/mol. The van der Waals surface area contributed by atoms with E-state index in [4.69, 9.17) is 5.11 Å². The molecule has 58 valence electrons. The molecule has 0 aliphatic carbocycles. The van der Waals surface area contributed by atoms with E-state index in [1.807, 2.05) is 0 Å². The van der Waals surface area contributed by atoms with Crippen molar-refractivity contribution in [1.82, 2.24) is 4.83 Å². The molecule has 0 amide bonds. The van der Waals surface area contributed by atoms with Crippen molar-refractivity contribution in [2.24, 2.45) is 0 Å². The molecule has 10 heavy (non-hydrogen) atoms. The summed E-state index contributed by atoms with van der Waals surface area (Å²) in [4.78, 5) is 19.6. The van der Waals surface area contributed by atoms with Gasteiger partial charge in [-0.1, -0.05) is 0 Å². The summed E-state index contributed by atoms with van der Waals surface area (Å²) in [5, 5.41) is 13.3. The fraction of sp³-hybridized carbons (Fsp3) is 0. The van der Waals surface area contributed by atoms with Crippen molar-refractivity contribution in [2.75, 3.05) is 0 Å². The summed E-state index contributed by atoms with van der Waals surface area (Å²) in [5.74, 6) is 0. The Labute approximate surface area is 54.6 Å². The quantitative estimate of drug-likeness (QED) is 0.394. The van der Waals surface area contributed by atoms with Crippen LogP contribution in [0.15, 0.2) is 0 Å². The van der Waals surface area contributed by atoms with Crippen molar-refractivity contribution >= 4 is 15.3 Å². The Morgan fingerprint density at radius 3 is 2.10 bits per heavy atom. The third-order valence-corrected chi connectivity index (χ3v) is 1.27. The molecule has 0 saturated heterocycles. The minimum Gasteiger partial charge on any atom is -0.468 e. The number of nitro groups is 1. The zero-order valence-corrected chi connectivity index (χ0v) is 5.16. The van der Waals surface area contributed by atoms with E-state index in [0.717, 1.165) is 0 Å². The number of carbonyl (C=O) groups is 1. The van der Waals surface area contributed by atoms with E-state index in [-0.39, 0.29) is 0 Å². The van der Waals surface area contributed by atoms with Crippen LogP contribution in [0, 0.1) is 10.1 Å². The molecular weight excluding hydrogens is 168 g/mol. The van der Waals surface area contributed by atoms with Crippen LogP contribution in [-0.2, 0) is 10.0 Å². The highest BCUT2D eigenvalue weighted by molar-refractivity contribution is 8.03. The van der Waals surface area contributed by atoms with Gasteiger partial charge in [-0.25, -0.2) is 14.9 Å². The highest BCUT2D eigenvalue weighted by Gasteiger charge is 2.25. The Bertz CT molecular complexity index is 251. The Morgan fingerprint density at radius 2 is 2.00 bits per heavy atom. The van der Waals surface area contributed by atoms with Crippen molar-refractivity contribution in [3.05, 3.63) is 10.1 Å². The van der Waals surface area contributed by atoms with Crippen LogP contribution in [0.3, 0.4) is 0 Å². The fourth-order valence-electron chi connectivity index (χ4n) is 0.137. The fourth-order valence-corrected chi connectivity index (χ4v) is 0.412. The number of rotatable bonds is 2. The average molecular weight is 170 g/mol. The van der Waals surface area contributed by atoms with Gasteiger partial charge in [-0.3, -0.25) is 0 Å². The number of hydrazine groups is 1. The van der Waals surface area contributed by atoms with E-state index < -0.39 is 20.4 Å². The smallest absolute Gasteiger partial charge is 0.447 e. The van der Waals surface area contributed by atoms with Crippen molar-refractivity contribution in [3.8, 4) is 0 Å². The van der Waals surface area contributed by atoms with E-state index >= 15 is 0 Å². The van der Waals surface area contributed by atoms with Gasteiger partial charge in [0.25, 0.3) is 0 Å². The van der Waals surface area contributed by atoms with Crippen LogP contribution in [0.4, 0.5) is 4.79 Å². The van der Waals surface area contributed by atoms with Crippen molar-refractivity contribution in [2.45, 2.75) is 0 Å². The lowest BCUT2D eigenvalue weighted by Gasteiger charge is -1.90. The standard InChI is InChI=1S/CH2N2O6S/c4-1(5)10(8,9)2-3(6)7/h2H,(H,4,5). The number of carboxylic acid groups (broad SMARTS) is 1. The average Bonchev–Trinajstić information content (AvgIpc) is 1.60. The van der Waals surface area contributed by atoms with Gasteiger partial charge in [0.1, 0.15) is 0 Å². The summed E-state index contributed by atoms with van der Waals surface area (Å²) in [7, 11) is -4.83. The second-order valence-electron chi connectivity index (χ2n) is 1.12. The molecule has 0 aromatic rings. The molecular formula is CH2N2O6S. The second kappa shape index (κ2) is 2.47. The number of nitrogens with one attached hydrogen (secondary N) is 1. The number of hydrogen-bond donors (Lipinski definition) is 2. The highest BCUT2D eigenvalue weighted by atomic mass is 32.2. The molecule has 0 aromatic carbocycles. The normalized spacial score (nSPS) is 10.4. The molecule has 0 aromatic heterocycles. The van der Waals surface area contributed by atoms with Gasteiger partial charge in [0, 0.05) is 0 Å². The van der Waals surface area contributed by atoms with Crippen LogP contribution in [0.25, 0.3) is 0 Å². The van der Waals surface area contributed by atoms with Gasteiger partial charge in [0.15, 0.2) is 5.03 Å². The maximum absolute atomic E-state index is 9.99. The number of nitrogens with zero attached hydrogens (tertiary/aromatic N) is 1. The van der Waals surface area contributed by atoms with Crippen molar-refractivity contribution < 1.29 is 23.4 Å². The van der Waals surface area contributed by atoms with Gasteiger partial charge in [-0.2, -0.15) is 8.42 Å². The maximum atomic E-state index is 9.99. The molecule has 0 aliphatic heterocycles. The SMILES string of the molecule is O=C(O)S(=O)(=O)N[N+](=O)[O-]. The van der Waals surface area contributed by atoms with Gasteiger partial charge in [0.2, 0.25) is 0 Å². The first kappa shape index (κ1) is 8.62. The van der Waals surface area contributed by atoms with Gasteiger partial charge < -0.3 is 5.11 Å². The van der Waals surface area contributed by atoms with Gasteiger partial charge in [-0.05, 0) is 4.83 Å². The first-order chi connectivity index (χ1) is 4.36. The van der Waals surface area contributed by atoms with Crippen LogP contribution in [0.1, 0.15) is 0 Å². The molecule has 8 nitrogen and oxygen atoms in total. The second-order valence-corrected chi connectivity index (χ2v) is 2.66. The summed E-state index contributed by atoms with van der Waals surface area (Å²) >= 11 is 0. The maximum Gasteiger partial charge on any atom is 0.447 e. The molecule has 0 atom stereocenters. The predicted octanol–water partition coefficient (Wildman–Crippen LogP) is -1.22. The summed E-state index contributed by atoms with van der Waals surface area (Å²) in [6.07, 6.45) is 0. The molecule has 0 rings (SSSR count). The molecule has 0 unspecified atom stereocenters. The van der Waals surface area contributed by atoms with Gasteiger partial charge >= 0.3 is 15.3 Å². The summed E-state index contributed by atoms with van der Waals surface area (Å²) < 4.78 is 20.0. The highest BCUT2D eigenvalue weighted by Crippen LogP contribution is 1.83. The van der Waals surface area contributed by atoms with Crippen molar-refractivity contribution in [1.29, 1.82) is 0 Å². The molecule has 2 N–H and O–H groups in total. The van der Waals surface area contributed by atoms with Crippen LogP contribution in [-0.4, -0.2) is 23.9 Å². The first-order valence-corrected chi connectivity index (χ1v) is 3.24. The summed E-state index contributed by atoms with van der Waals surface area (Å²) in [6.45, 7) is 0. The molecule has 0 radical (unpaired) electrons. The topological polar surface area (TPSA) is 127 Å². The third kappa shape index (κ3) is 2.26. The third-order valence-electron chi connectivity index (χ3n) is 0.425.